The molecule has 1 unspecified atom stereocenters. The van der Waals surface area contributed by atoms with Crippen LogP contribution in [0.5, 0.6) is 6.01 Å². The molecule has 0 radical (unpaired) electrons. The van der Waals surface area contributed by atoms with Crippen LogP contribution >= 0.6 is 11.6 Å². The maximum atomic E-state index is 9.20. The lowest BCUT2D eigenvalue weighted by atomic mass is 9.95. The van der Waals surface area contributed by atoms with Crippen molar-refractivity contribution < 1.29 is 9.84 Å². The summed E-state index contributed by atoms with van der Waals surface area (Å²) >= 11 is 5.97. The molecule has 1 aliphatic rings. The third-order valence-corrected chi connectivity index (χ3v) is 3.71. The maximum absolute atomic E-state index is 9.20. The molecule has 0 amide bonds. The van der Waals surface area contributed by atoms with Gasteiger partial charge in [-0.15, -0.1) is 0 Å². The first-order valence-electron chi connectivity index (χ1n) is 6.06. The van der Waals surface area contributed by atoms with Crippen molar-refractivity contribution in [1.82, 2.24) is 9.97 Å². The van der Waals surface area contributed by atoms with Gasteiger partial charge in [0, 0.05) is 24.8 Å². The molecule has 0 aromatic carbocycles. The molecule has 6 heteroatoms. The lowest BCUT2D eigenvalue weighted by Gasteiger charge is -2.35. The molecule has 1 aromatic rings. The second-order valence-electron chi connectivity index (χ2n) is 4.76. The zero-order valence-corrected chi connectivity index (χ0v) is 11.4. The number of aliphatic hydroxyl groups is 1. The van der Waals surface area contributed by atoms with E-state index in [0.717, 1.165) is 31.6 Å². The van der Waals surface area contributed by atoms with Gasteiger partial charge < -0.3 is 14.7 Å². The molecule has 1 aromatic heterocycles. The van der Waals surface area contributed by atoms with E-state index in [9.17, 15) is 5.11 Å². The molecule has 0 aliphatic carbocycles. The topological polar surface area (TPSA) is 58.5 Å². The molecule has 100 valence electrons. The highest BCUT2D eigenvalue weighted by Crippen LogP contribution is 2.36. The summed E-state index contributed by atoms with van der Waals surface area (Å²) < 4.78 is 5.04. The Balaban J connectivity index is 2.32. The average Bonchev–Trinajstić information content (AvgIpc) is 2.70. The number of ether oxygens (including phenoxy) is 1. The highest BCUT2D eigenvalue weighted by molar-refractivity contribution is 6.29. The molecule has 18 heavy (non-hydrogen) atoms. The molecule has 2 rings (SSSR count). The summed E-state index contributed by atoms with van der Waals surface area (Å²) in [6.45, 7) is 3.22. The Morgan fingerprint density at radius 1 is 1.56 bits per heavy atom. The number of anilines is 1. The van der Waals surface area contributed by atoms with Gasteiger partial charge in [-0.2, -0.15) is 9.97 Å². The smallest absolute Gasteiger partial charge is 0.319 e. The summed E-state index contributed by atoms with van der Waals surface area (Å²) in [5, 5.41) is 9.57. The fourth-order valence-electron chi connectivity index (χ4n) is 2.53. The first-order valence-corrected chi connectivity index (χ1v) is 6.44. The van der Waals surface area contributed by atoms with E-state index in [1.165, 1.54) is 7.11 Å². The molecule has 1 aliphatic heterocycles. The van der Waals surface area contributed by atoms with Crippen molar-refractivity contribution in [2.75, 3.05) is 25.2 Å². The number of nitrogens with zero attached hydrogens (tertiary/aromatic N) is 3. The number of halogens is 1. The average molecular weight is 272 g/mol. The lowest BCUT2D eigenvalue weighted by Crippen LogP contribution is -2.42. The molecule has 2 heterocycles. The van der Waals surface area contributed by atoms with E-state index in [-0.39, 0.29) is 18.2 Å². The van der Waals surface area contributed by atoms with E-state index >= 15 is 0 Å². The largest absolute Gasteiger partial charge is 0.467 e. The predicted molar refractivity (Wildman–Crippen MR) is 70.3 cm³/mol. The predicted octanol–water partition coefficient (Wildman–Crippen LogP) is 1.88. The Labute approximate surface area is 112 Å². The fraction of sp³-hybridized carbons (Fsp3) is 0.667. The Bertz CT molecular complexity index is 430. The molecule has 5 nitrogen and oxygen atoms in total. The molecule has 1 N–H and O–H groups in total. The van der Waals surface area contributed by atoms with Crippen molar-refractivity contribution >= 4 is 17.4 Å². The molecule has 0 bridgehead atoms. The van der Waals surface area contributed by atoms with Gasteiger partial charge in [-0.3, -0.25) is 0 Å². The van der Waals surface area contributed by atoms with Gasteiger partial charge in [-0.25, -0.2) is 0 Å². The molecule has 1 fully saturated rings. The number of hydrogen-bond donors (Lipinski definition) is 1. The number of aliphatic hydroxyl groups excluding tert-OH is 1. The summed E-state index contributed by atoms with van der Waals surface area (Å²) in [5.74, 6) is 0.764. The second kappa shape index (κ2) is 5.28. The van der Waals surface area contributed by atoms with Crippen LogP contribution in [0.25, 0.3) is 0 Å². The second-order valence-corrected chi connectivity index (χ2v) is 5.15. The highest BCUT2D eigenvalue weighted by atomic mass is 35.5. The molecular formula is C12H18ClN3O2. The van der Waals surface area contributed by atoms with E-state index in [0.29, 0.717) is 5.15 Å². The van der Waals surface area contributed by atoms with Crippen molar-refractivity contribution in [2.24, 2.45) is 0 Å². The van der Waals surface area contributed by atoms with E-state index in [2.05, 4.69) is 21.8 Å². The summed E-state index contributed by atoms with van der Waals surface area (Å²) in [6.07, 6.45) is 2.84. The van der Waals surface area contributed by atoms with Crippen LogP contribution in [0.1, 0.15) is 26.2 Å². The van der Waals surface area contributed by atoms with Crippen molar-refractivity contribution in [3.63, 3.8) is 0 Å². The van der Waals surface area contributed by atoms with Gasteiger partial charge in [-0.1, -0.05) is 11.6 Å². The fourth-order valence-corrected chi connectivity index (χ4v) is 2.70. The number of methoxy groups -OCH3 is 1. The summed E-state index contributed by atoms with van der Waals surface area (Å²) in [6, 6.07) is 2.01. The SMILES string of the molecule is COc1nc(Cl)cc(N2CCCC2(C)CCO)n1. The Morgan fingerprint density at radius 3 is 3.00 bits per heavy atom. The minimum atomic E-state index is -0.0720. The van der Waals surface area contributed by atoms with Crippen LogP contribution < -0.4 is 9.64 Å². The summed E-state index contributed by atoms with van der Waals surface area (Å²) in [7, 11) is 1.52. The van der Waals surface area contributed by atoms with E-state index < -0.39 is 0 Å². The minimum Gasteiger partial charge on any atom is -0.467 e. The lowest BCUT2D eigenvalue weighted by molar-refractivity contribution is 0.246. The van der Waals surface area contributed by atoms with E-state index in [1.54, 1.807) is 6.07 Å². The third-order valence-electron chi connectivity index (χ3n) is 3.52. The van der Waals surface area contributed by atoms with Gasteiger partial charge in [-0.05, 0) is 26.2 Å². The normalized spacial score (nSPS) is 23.4. The van der Waals surface area contributed by atoms with Crippen LogP contribution in [0.4, 0.5) is 5.82 Å². The monoisotopic (exact) mass is 271 g/mol. The zero-order valence-electron chi connectivity index (χ0n) is 10.7. The van der Waals surface area contributed by atoms with E-state index in [1.807, 2.05) is 0 Å². The first-order chi connectivity index (χ1) is 8.59. The van der Waals surface area contributed by atoms with Crippen LogP contribution in [-0.4, -0.2) is 40.9 Å². The summed E-state index contributed by atoms with van der Waals surface area (Å²) in [4.78, 5) is 10.5. The Kier molecular flexibility index (Phi) is 3.92. The first kappa shape index (κ1) is 13.4. The number of aromatic nitrogens is 2. The van der Waals surface area contributed by atoms with Crippen LogP contribution in [0.2, 0.25) is 5.15 Å². The van der Waals surface area contributed by atoms with Crippen molar-refractivity contribution in [3.05, 3.63) is 11.2 Å². The van der Waals surface area contributed by atoms with Crippen LogP contribution in [-0.2, 0) is 0 Å². The standard InChI is InChI=1S/C12H18ClN3O2/c1-12(5-7-17)4-3-6-16(12)10-8-9(13)14-11(15-10)18-2/h8,17H,3-7H2,1-2H3. The minimum absolute atomic E-state index is 0.0720. The summed E-state index contributed by atoms with van der Waals surface area (Å²) in [5.41, 5.74) is -0.0720. The van der Waals surface area contributed by atoms with Gasteiger partial charge in [0.25, 0.3) is 0 Å². The van der Waals surface area contributed by atoms with Crippen molar-refractivity contribution in [1.29, 1.82) is 0 Å². The van der Waals surface area contributed by atoms with Gasteiger partial charge in [0.2, 0.25) is 0 Å². The zero-order chi connectivity index (χ0) is 13.2. The van der Waals surface area contributed by atoms with Gasteiger partial charge >= 0.3 is 6.01 Å². The Hall–Kier alpha value is -1.07. The van der Waals surface area contributed by atoms with Gasteiger partial charge in [0.05, 0.1) is 7.11 Å². The molecule has 0 saturated carbocycles. The quantitative estimate of drug-likeness (QED) is 0.848. The van der Waals surface area contributed by atoms with Crippen LogP contribution in [0.15, 0.2) is 6.07 Å². The molecule has 1 atom stereocenters. The highest BCUT2D eigenvalue weighted by Gasteiger charge is 2.37. The van der Waals surface area contributed by atoms with Crippen molar-refractivity contribution in [2.45, 2.75) is 31.7 Å². The van der Waals surface area contributed by atoms with Crippen molar-refractivity contribution in [3.8, 4) is 6.01 Å². The van der Waals surface area contributed by atoms with Crippen LogP contribution in [0, 0.1) is 0 Å². The van der Waals surface area contributed by atoms with Gasteiger partial charge in [0.1, 0.15) is 11.0 Å². The molecule has 1 saturated heterocycles. The maximum Gasteiger partial charge on any atom is 0.319 e. The number of hydrogen-bond acceptors (Lipinski definition) is 5. The molecular weight excluding hydrogens is 254 g/mol. The Morgan fingerprint density at radius 2 is 2.33 bits per heavy atom. The van der Waals surface area contributed by atoms with E-state index in [4.69, 9.17) is 16.3 Å². The van der Waals surface area contributed by atoms with Gasteiger partial charge in [0.15, 0.2) is 0 Å². The van der Waals surface area contributed by atoms with Crippen LogP contribution in [0.3, 0.4) is 0 Å². The molecule has 0 spiro atoms. The third kappa shape index (κ3) is 2.52. The number of rotatable bonds is 4.